The van der Waals surface area contributed by atoms with Gasteiger partial charge in [0.2, 0.25) is 5.95 Å². The number of sulfone groups is 1. The summed E-state index contributed by atoms with van der Waals surface area (Å²) in [5.74, 6) is 1.90. The molecule has 106 valence electrons. The van der Waals surface area contributed by atoms with E-state index < -0.39 is 9.84 Å². The number of anilines is 2. The maximum absolute atomic E-state index is 11.4. The van der Waals surface area contributed by atoms with E-state index in [1.807, 2.05) is 13.8 Å². The highest BCUT2D eigenvalue weighted by Crippen LogP contribution is 2.19. The van der Waals surface area contributed by atoms with Crippen LogP contribution in [0.3, 0.4) is 0 Å². The van der Waals surface area contributed by atoms with E-state index >= 15 is 0 Å². The van der Waals surface area contributed by atoms with Gasteiger partial charge < -0.3 is 10.6 Å². The molecule has 1 aromatic rings. The van der Waals surface area contributed by atoms with Crippen LogP contribution in [-0.2, 0) is 9.84 Å². The summed E-state index contributed by atoms with van der Waals surface area (Å²) in [6.45, 7) is 4.70. The number of rotatable bonds is 4. The van der Waals surface area contributed by atoms with E-state index in [2.05, 4.69) is 20.6 Å². The fourth-order valence-corrected chi connectivity index (χ4v) is 3.55. The fourth-order valence-electron chi connectivity index (χ4n) is 2.06. The van der Waals surface area contributed by atoms with Crippen LogP contribution in [-0.4, -0.2) is 42.5 Å². The Labute approximate surface area is 114 Å². The second-order valence-corrected chi connectivity index (χ2v) is 7.13. The molecule has 1 saturated heterocycles. The van der Waals surface area contributed by atoms with Crippen molar-refractivity contribution in [3.63, 3.8) is 0 Å². The molecule has 19 heavy (non-hydrogen) atoms. The maximum atomic E-state index is 11.4. The van der Waals surface area contributed by atoms with Crippen molar-refractivity contribution >= 4 is 21.6 Å². The summed E-state index contributed by atoms with van der Waals surface area (Å²) < 4.78 is 22.8. The van der Waals surface area contributed by atoms with E-state index in [0.717, 1.165) is 17.9 Å². The number of hydrogen-bond acceptors (Lipinski definition) is 6. The molecule has 0 saturated carbocycles. The van der Waals surface area contributed by atoms with Gasteiger partial charge in [-0.15, -0.1) is 0 Å². The van der Waals surface area contributed by atoms with Gasteiger partial charge in [0.15, 0.2) is 0 Å². The minimum Gasteiger partial charge on any atom is -0.367 e. The quantitative estimate of drug-likeness (QED) is 0.864. The van der Waals surface area contributed by atoms with E-state index in [9.17, 15) is 8.42 Å². The molecule has 0 atom stereocenters. The molecule has 0 unspecified atom stereocenters. The predicted molar refractivity (Wildman–Crippen MR) is 76.2 cm³/mol. The number of hydrogen-bond donors (Lipinski definition) is 2. The van der Waals surface area contributed by atoms with Crippen molar-refractivity contribution in [2.75, 3.05) is 28.7 Å². The molecule has 1 aliphatic heterocycles. The molecule has 7 heteroatoms. The number of aromatic nitrogens is 2. The van der Waals surface area contributed by atoms with Gasteiger partial charge in [-0.3, -0.25) is 0 Å². The zero-order valence-electron chi connectivity index (χ0n) is 11.3. The number of nitrogens with zero attached hydrogens (tertiary/aromatic N) is 2. The minimum absolute atomic E-state index is 0.173. The first kappa shape index (κ1) is 14.0. The summed E-state index contributed by atoms with van der Waals surface area (Å²) in [7, 11) is -2.82. The first-order chi connectivity index (χ1) is 9.00. The smallest absolute Gasteiger partial charge is 0.224 e. The average molecular weight is 284 g/mol. The van der Waals surface area contributed by atoms with Gasteiger partial charge in [0.05, 0.1) is 11.5 Å². The molecular weight excluding hydrogens is 264 g/mol. The third-order valence-electron chi connectivity index (χ3n) is 3.20. The molecule has 0 aromatic carbocycles. The van der Waals surface area contributed by atoms with Gasteiger partial charge in [-0.1, -0.05) is 0 Å². The number of nitrogens with one attached hydrogen (secondary N) is 2. The van der Waals surface area contributed by atoms with E-state index in [1.54, 1.807) is 6.20 Å². The molecule has 0 bridgehead atoms. The summed E-state index contributed by atoms with van der Waals surface area (Å²) in [4.78, 5) is 8.60. The zero-order chi connectivity index (χ0) is 13.9. The van der Waals surface area contributed by atoms with Crippen LogP contribution in [0.5, 0.6) is 0 Å². The highest BCUT2D eigenvalue weighted by atomic mass is 32.2. The monoisotopic (exact) mass is 284 g/mol. The molecular formula is C12H20N4O2S. The lowest BCUT2D eigenvalue weighted by Crippen LogP contribution is -2.32. The Morgan fingerprint density at radius 3 is 2.68 bits per heavy atom. The molecule has 0 spiro atoms. The second-order valence-electron chi connectivity index (χ2n) is 4.83. The first-order valence-electron chi connectivity index (χ1n) is 6.54. The lowest BCUT2D eigenvalue weighted by Gasteiger charge is -2.24. The topological polar surface area (TPSA) is 84.0 Å². The van der Waals surface area contributed by atoms with Gasteiger partial charge >= 0.3 is 0 Å². The summed E-state index contributed by atoms with van der Waals surface area (Å²) in [6.07, 6.45) is 3.05. The largest absolute Gasteiger partial charge is 0.367 e. The summed E-state index contributed by atoms with van der Waals surface area (Å²) >= 11 is 0. The lowest BCUT2D eigenvalue weighted by atomic mass is 10.1. The molecule has 1 aromatic heterocycles. The van der Waals surface area contributed by atoms with Crippen LogP contribution < -0.4 is 10.6 Å². The zero-order valence-corrected chi connectivity index (χ0v) is 12.1. The Kier molecular flexibility index (Phi) is 4.24. The Hall–Kier alpha value is -1.37. The molecule has 2 N–H and O–H groups in total. The van der Waals surface area contributed by atoms with E-state index in [-0.39, 0.29) is 17.5 Å². The Bertz CT molecular complexity index is 531. The van der Waals surface area contributed by atoms with Gasteiger partial charge in [0.1, 0.15) is 15.7 Å². The van der Waals surface area contributed by atoms with Crippen LogP contribution in [0.1, 0.15) is 25.3 Å². The van der Waals surface area contributed by atoms with Crippen LogP contribution >= 0.6 is 0 Å². The van der Waals surface area contributed by atoms with Gasteiger partial charge in [-0.25, -0.2) is 13.4 Å². The van der Waals surface area contributed by atoms with Crippen molar-refractivity contribution in [3.05, 3.63) is 11.8 Å². The van der Waals surface area contributed by atoms with Crippen molar-refractivity contribution in [2.24, 2.45) is 0 Å². The van der Waals surface area contributed by atoms with Crippen LogP contribution in [0.15, 0.2) is 6.20 Å². The Morgan fingerprint density at radius 1 is 1.37 bits per heavy atom. The Morgan fingerprint density at radius 2 is 2.05 bits per heavy atom. The molecule has 1 aliphatic rings. The average Bonchev–Trinajstić information content (AvgIpc) is 2.36. The third kappa shape index (κ3) is 3.79. The Balaban J connectivity index is 2.04. The second kappa shape index (κ2) is 5.73. The van der Waals surface area contributed by atoms with Gasteiger partial charge in [0, 0.05) is 24.3 Å². The summed E-state index contributed by atoms with van der Waals surface area (Å²) in [5.41, 5.74) is 0.968. The molecule has 6 nitrogen and oxygen atoms in total. The lowest BCUT2D eigenvalue weighted by molar-refractivity contribution is 0.559. The minimum atomic E-state index is -2.82. The fraction of sp³-hybridized carbons (Fsp3) is 0.667. The van der Waals surface area contributed by atoms with Gasteiger partial charge in [-0.2, -0.15) is 4.98 Å². The van der Waals surface area contributed by atoms with Crippen molar-refractivity contribution in [3.8, 4) is 0 Å². The van der Waals surface area contributed by atoms with Crippen molar-refractivity contribution in [1.29, 1.82) is 0 Å². The molecule has 2 heterocycles. The number of aryl methyl sites for hydroxylation is 1. The summed E-state index contributed by atoms with van der Waals surface area (Å²) in [5, 5.41) is 6.40. The van der Waals surface area contributed by atoms with Crippen molar-refractivity contribution in [2.45, 2.75) is 32.7 Å². The molecule has 0 radical (unpaired) electrons. The molecule has 0 amide bonds. The maximum Gasteiger partial charge on any atom is 0.224 e. The summed E-state index contributed by atoms with van der Waals surface area (Å²) in [6, 6.07) is 0.173. The first-order valence-corrected chi connectivity index (χ1v) is 8.37. The van der Waals surface area contributed by atoms with Crippen molar-refractivity contribution in [1.82, 2.24) is 9.97 Å². The highest BCUT2D eigenvalue weighted by Gasteiger charge is 2.24. The normalized spacial score (nSPS) is 19.1. The standard InChI is InChI=1S/C12H20N4O2S/c1-3-13-12-14-8-9(2)11(16-12)15-10-4-6-19(17,18)7-5-10/h8,10H,3-7H2,1-2H3,(H2,13,14,15,16). The van der Waals surface area contributed by atoms with Crippen LogP contribution in [0.2, 0.25) is 0 Å². The highest BCUT2D eigenvalue weighted by molar-refractivity contribution is 7.91. The predicted octanol–water partition coefficient (Wildman–Crippen LogP) is 1.21. The van der Waals surface area contributed by atoms with E-state index in [0.29, 0.717) is 18.8 Å². The SMILES string of the molecule is CCNc1ncc(C)c(NC2CCS(=O)(=O)CC2)n1. The molecule has 2 rings (SSSR count). The van der Waals surface area contributed by atoms with Gasteiger partial charge in [0.25, 0.3) is 0 Å². The third-order valence-corrected chi connectivity index (χ3v) is 4.92. The molecule has 1 fully saturated rings. The van der Waals surface area contributed by atoms with Gasteiger partial charge in [-0.05, 0) is 26.7 Å². The van der Waals surface area contributed by atoms with E-state index in [1.165, 1.54) is 0 Å². The van der Waals surface area contributed by atoms with Crippen LogP contribution in [0, 0.1) is 6.92 Å². The van der Waals surface area contributed by atoms with Crippen LogP contribution in [0.4, 0.5) is 11.8 Å². The van der Waals surface area contributed by atoms with Crippen molar-refractivity contribution < 1.29 is 8.42 Å². The van der Waals surface area contributed by atoms with Crippen LogP contribution in [0.25, 0.3) is 0 Å². The van der Waals surface area contributed by atoms with E-state index in [4.69, 9.17) is 0 Å². The molecule has 0 aliphatic carbocycles.